The largest absolute Gasteiger partial charge is 0.456 e. The van der Waals surface area contributed by atoms with Gasteiger partial charge in [0, 0.05) is 52.9 Å². The molecule has 1 fully saturated rings. The molecule has 1 saturated heterocycles. The van der Waals surface area contributed by atoms with Crippen LogP contribution in [0, 0.1) is 0 Å². The van der Waals surface area contributed by atoms with E-state index in [-0.39, 0.29) is 5.69 Å². The summed E-state index contributed by atoms with van der Waals surface area (Å²) in [6.07, 6.45) is -0.962. The number of fused-ring (bicyclic) bond motifs is 6. The molecule has 40 heavy (non-hydrogen) atoms. The Morgan fingerprint density at radius 2 is 1.55 bits per heavy atom. The summed E-state index contributed by atoms with van der Waals surface area (Å²) < 4.78 is 52.6. The van der Waals surface area contributed by atoms with Crippen LogP contribution < -0.4 is 15.0 Å². The summed E-state index contributed by atoms with van der Waals surface area (Å²) >= 11 is 0. The lowest BCUT2D eigenvalue weighted by Crippen LogP contribution is -2.34. The van der Waals surface area contributed by atoms with Crippen LogP contribution in [-0.2, 0) is 16.5 Å². The average molecular weight is 543 g/mol. The summed E-state index contributed by atoms with van der Waals surface area (Å²) in [5.74, 6) is 0.687. The van der Waals surface area contributed by atoms with Crippen molar-refractivity contribution in [2.75, 3.05) is 23.3 Å². The first-order valence-corrected chi connectivity index (χ1v) is 13.3. The molecule has 1 unspecified atom stereocenters. The van der Waals surface area contributed by atoms with Crippen molar-refractivity contribution in [2.24, 2.45) is 0 Å². The molecule has 3 aliphatic rings. The lowest BCUT2D eigenvalue weighted by Gasteiger charge is -2.38. The molecule has 4 aromatic carbocycles. The molecule has 0 amide bonds. The highest BCUT2D eigenvalue weighted by Crippen LogP contribution is 2.57. The molecule has 5 nitrogen and oxygen atoms in total. The summed E-state index contributed by atoms with van der Waals surface area (Å²) in [7, 11) is 0. The average Bonchev–Trinajstić information content (AvgIpc) is 3.26. The molecular formula is C32H25F3N2O3. The monoisotopic (exact) mass is 542 g/mol. The fourth-order valence-corrected chi connectivity index (χ4v) is 6.03. The second-order valence-electron chi connectivity index (χ2n) is 10.4. The molecule has 3 aliphatic heterocycles. The molecule has 0 aliphatic carbocycles. The van der Waals surface area contributed by atoms with Crippen molar-refractivity contribution < 1.29 is 27.4 Å². The van der Waals surface area contributed by atoms with Crippen LogP contribution >= 0.6 is 0 Å². The van der Waals surface area contributed by atoms with Crippen LogP contribution in [0.5, 0.6) is 11.5 Å². The number of piperidine rings is 1. The number of rotatable bonds is 3. The molecule has 0 bridgehead atoms. The van der Waals surface area contributed by atoms with Gasteiger partial charge in [0.05, 0.1) is 11.1 Å². The molecule has 1 atom stereocenters. The molecule has 1 spiro atoms. The first-order valence-electron chi connectivity index (χ1n) is 13.3. The third-order valence-corrected chi connectivity index (χ3v) is 7.90. The number of ether oxygens (including phenoxy) is 2. The van der Waals surface area contributed by atoms with Crippen molar-refractivity contribution in [1.82, 2.24) is 0 Å². The zero-order chi connectivity index (χ0) is 27.5. The number of halogens is 3. The molecule has 4 aromatic rings. The summed E-state index contributed by atoms with van der Waals surface area (Å²) in [6.45, 7) is 1.95. The van der Waals surface area contributed by atoms with Gasteiger partial charge in [0.1, 0.15) is 11.5 Å². The van der Waals surface area contributed by atoms with E-state index in [9.17, 15) is 18.0 Å². The molecule has 0 radical (unpaired) electrons. The van der Waals surface area contributed by atoms with Crippen LogP contribution in [-0.4, -0.2) is 19.1 Å². The van der Waals surface area contributed by atoms with E-state index in [1.807, 2.05) is 30.3 Å². The molecule has 3 heterocycles. The third kappa shape index (κ3) is 3.89. The Morgan fingerprint density at radius 1 is 0.750 bits per heavy atom. The van der Waals surface area contributed by atoms with Gasteiger partial charge in [-0.1, -0.05) is 24.3 Å². The third-order valence-electron chi connectivity index (χ3n) is 7.90. The van der Waals surface area contributed by atoms with Crippen molar-refractivity contribution in [3.8, 4) is 11.5 Å². The number of carbonyl (C=O) groups excluding carboxylic acids is 1. The molecule has 202 valence electrons. The summed E-state index contributed by atoms with van der Waals surface area (Å²) in [5, 5.41) is 3.08. The van der Waals surface area contributed by atoms with Gasteiger partial charge in [0.15, 0.2) is 5.60 Å². The van der Waals surface area contributed by atoms with Gasteiger partial charge in [0.25, 0.3) is 0 Å². The number of hydrogen-bond acceptors (Lipinski definition) is 5. The quantitative estimate of drug-likeness (QED) is 0.266. The maximum atomic E-state index is 13.3. The highest BCUT2D eigenvalue weighted by molar-refractivity contribution is 5.97. The second kappa shape index (κ2) is 9.05. The normalized spacial score (nSPS) is 19.4. The number of esters is 1. The predicted molar refractivity (Wildman–Crippen MR) is 145 cm³/mol. The zero-order valence-corrected chi connectivity index (χ0v) is 21.4. The number of carbonyl (C=O) groups is 1. The van der Waals surface area contributed by atoms with Crippen LogP contribution in [0.25, 0.3) is 0 Å². The standard InChI is InChI=1S/C32H25F3N2O3/c33-32(34,35)20-7-6-8-21(17-20)36-22-11-14-28-27(18-22)31(25-10-3-2-9-24(25)30(38)40-31)26-13-12-23(19-29(26)39-28)37-15-4-1-5-16-37/h2-3,6-14,17-19,36H,1,4-5,15-16H2. The van der Waals surface area contributed by atoms with Gasteiger partial charge in [0.2, 0.25) is 0 Å². The fourth-order valence-electron chi connectivity index (χ4n) is 6.03. The van der Waals surface area contributed by atoms with Crippen molar-refractivity contribution in [3.63, 3.8) is 0 Å². The van der Waals surface area contributed by atoms with Gasteiger partial charge in [-0.25, -0.2) is 4.79 Å². The van der Waals surface area contributed by atoms with Crippen molar-refractivity contribution in [1.29, 1.82) is 0 Å². The SMILES string of the molecule is O=C1OC2(c3ccc(N4CCCCC4)cc3Oc3ccc(Nc4cccc(C(F)(F)F)c4)cc32)c2ccccc21. The lowest BCUT2D eigenvalue weighted by atomic mass is 9.77. The van der Waals surface area contributed by atoms with E-state index in [2.05, 4.69) is 10.2 Å². The molecule has 1 N–H and O–H groups in total. The number of hydrogen-bond donors (Lipinski definition) is 1. The molecule has 0 aromatic heterocycles. The van der Waals surface area contributed by atoms with Crippen LogP contribution in [0.15, 0.2) is 84.9 Å². The maximum Gasteiger partial charge on any atom is 0.416 e. The van der Waals surface area contributed by atoms with Crippen LogP contribution in [0.1, 0.15) is 51.9 Å². The minimum absolute atomic E-state index is 0.288. The Bertz CT molecular complexity index is 1640. The van der Waals surface area contributed by atoms with Crippen LogP contribution in [0.4, 0.5) is 30.2 Å². The Labute approximate surface area is 229 Å². The van der Waals surface area contributed by atoms with Crippen LogP contribution in [0.3, 0.4) is 0 Å². The molecule has 7 rings (SSSR count). The second-order valence-corrected chi connectivity index (χ2v) is 10.4. The van der Waals surface area contributed by atoms with Gasteiger partial charge in [-0.15, -0.1) is 0 Å². The van der Waals surface area contributed by atoms with E-state index in [4.69, 9.17) is 9.47 Å². The first kappa shape index (κ1) is 24.6. The van der Waals surface area contributed by atoms with E-state index in [1.54, 1.807) is 36.4 Å². The number of nitrogens with zero attached hydrogens (tertiary/aromatic N) is 1. The molecular weight excluding hydrogens is 517 g/mol. The number of alkyl halides is 3. The highest BCUT2D eigenvalue weighted by atomic mass is 19.4. The number of anilines is 3. The van der Waals surface area contributed by atoms with Crippen LogP contribution in [0.2, 0.25) is 0 Å². The Balaban J connectivity index is 1.35. The topological polar surface area (TPSA) is 50.8 Å². The van der Waals surface area contributed by atoms with Crippen molar-refractivity contribution in [3.05, 3.63) is 113 Å². The van der Waals surface area contributed by atoms with Gasteiger partial charge in [-0.3, -0.25) is 0 Å². The summed E-state index contributed by atoms with van der Waals surface area (Å²) in [5.41, 5.74) is 2.35. The van der Waals surface area contributed by atoms with E-state index >= 15 is 0 Å². The van der Waals surface area contributed by atoms with Crippen molar-refractivity contribution in [2.45, 2.75) is 31.0 Å². The Morgan fingerprint density at radius 3 is 2.38 bits per heavy atom. The van der Waals surface area contributed by atoms with Gasteiger partial charge < -0.3 is 19.7 Å². The smallest absolute Gasteiger partial charge is 0.416 e. The zero-order valence-electron chi connectivity index (χ0n) is 21.4. The lowest BCUT2D eigenvalue weighted by molar-refractivity contribution is -0.137. The Kier molecular flexibility index (Phi) is 5.56. The first-order chi connectivity index (χ1) is 19.3. The molecule has 8 heteroatoms. The maximum absolute atomic E-state index is 13.3. The van der Waals surface area contributed by atoms with Gasteiger partial charge >= 0.3 is 12.1 Å². The van der Waals surface area contributed by atoms with E-state index in [0.717, 1.165) is 43.8 Å². The minimum Gasteiger partial charge on any atom is -0.456 e. The van der Waals surface area contributed by atoms with Crippen molar-refractivity contribution >= 4 is 23.0 Å². The Hall–Kier alpha value is -4.46. The van der Waals surface area contributed by atoms with E-state index < -0.39 is 23.3 Å². The summed E-state index contributed by atoms with van der Waals surface area (Å²) in [4.78, 5) is 15.5. The predicted octanol–water partition coefficient (Wildman–Crippen LogP) is 8.01. The van der Waals surface area contributed by atoms with E-state index in [1.165, 1.54) is 12.5 Å². The fraction of sp³-hybridized carbons (Fsp3) is 0.219. The molecule has 0 saturated carbocycles. The number of benzene rings is 4. The highest BCUT2D eigenvalue weighted by Gasteiger charge is 2.53. The van der Waals surface area contributed by atoms with Gasteiger partial charge in [-0.2, -0.15) is 13.2 Å². The summed E-state index contributed by atoms with van der Waals surface area (Å²) in [6, 6.07) is 23.6. The van der Waals surface area contributed by atoms with E-state index in [0.29, 0.717) is 39.4 Å². The number of nitrogens with one attached hydrogen (secondary N) is 1. The van der Waals surface area contributed by atoms with Gasteiger partial charge in [-0.05, 0) is 73.9 Å². The minimum atomic E-state index is -4.45.